The molecule has 0 atom stereocenters. The van der Waals surface area contributed by atoms with Gasteiger partial charge in [0.15, 0.2) is 16.7 Å². The number of carbonyl (C=O) groups is 1. The maximum atomic E-state index is 12.9. The molecule has 2 rings (SSSR count). The van der Waals surface area contributed by atoms with Crippen molar-refractivity contribution in [3.8, 4) is 0 Å². The zero-order valence-corrected chi connectivity index (χ0v) is 8.70. The highest BCUT2D eigenvalue weighted by Gasteiger charge is 2.19. The number of nitrogens with one attached hydrogen (secondary N) is 2. The normalized spacial score (nSPS) is 17.5. The number of hydrogen-bond acceptors (Lipinski definition) is 2. The zero-order valence-electron chi connectivity index (χ0n) is 7.88. The van der Waals surface area contributed by atoms with Crippen molar-refractivity contribution in [2.45, 2.75) is 0 Å². The molecule has 1 aromatic carbocycles. The molecule has 0 spiro atoms. The first-order chi connectivity index (χ1) is 7.56. The third-order valence-electron chi connectivity index (χ3n) is 1.97. The van der Waals surface area contributed by atoms with Crippen LogP contribution in [0.15, 0.2) is 23.9 Å². The van der Waals surface area contributed by atoms with Crippen LogP contribution in [-0.2, 0) is 4.79 Å². The molecule has 3 nitrogen and oxygen atoms in total. The van der Waals surface area contributed by atoms with E-state index in [0.717, 1.165) is 12.1 Å². The van der Waals surface area contributed by atoms with Gasteiger partial charge in [-0.15, -0.1) is 0 Å². The molecule has 0 aliphatic carbocycles. The standard InChI is InChI=1S/C10H6F2N2OS/c11-6-2-1-5(3-7(6)12)4-8-9(15)14-10(16)13-8/h1-4H,(H2,13,14,15,16)/b8-4-. The Morgan fingerprint density at radius 1 is 1.19 bits per heavy atom. The average Bonchev–Trinajstić information content (AvgIpc) is 2.51. The molecule has 1 heterocycles. The smallest absolute Gasteiger partial charge is 0.273 e. The van der Waals surface area contributed by atoms with E-state index in [0.29, 0.717) is 5.56 Å². The van der Waals surface area contributed by atoms with E-state index in [2.05, 4.69) is 10.6 Å². The van der Waals surface area contributed by atoms with Gasteiger partial charge in [-0.05, 0) is 36.0 Å². The largest absolute Gasteiger partial charge is 0.328 e. The quantitative estimate of drug-likeness (QED) is 0.574. The summed E-state index contributed by atoms with van der Waals surface area (Å²) in [6, 6.07) is 3.35. The molecule has 1 fully saturated rings. The molecule has 82 valence electrons. The number of hydrogen-bond donors (Lipinski definition) is 2. The molecule has 1 aromatic rings. The number of amides is 1. The molecule has 0 saturated carbocycles. The molecule has 0 bridgehead atoms. The van der Waals surface area contributed by atoms with Crippen LogP contribution in [0, 0.1) is 11.6 Å². The van der Waals surface area contributed by atoms with Crippen LogP contribution < -0.4 is 10.6 Å². The lowest BCUT2D eigenvalue weighted by atomic mass is 10.2. The summed E-state index contributed by atoms with van der Waals surface area (Å²) in [5.41, 5.74) is 0.581. The molecule has 16 heavy (non-hydrogen) atoms. The van der Waals surface area contributed by atoms with Crippen molar-refractivity contribution in [2.24, 2.45) is 0 Å². The topological polar surface area (TPSA) is 41.1 Å². The van der Waals surface area contributed by atoms with Crippen molar-refractivity contribution in [1.82, 2.24) is 10.6 Å². The molecule has 0 aromatic heterocycles. The highest BCUT2D eigenvalue weighted by Crippen LogP contribution is 2.12. The minimum absolute atomic E-state index is 0.193. The predicted molar refractivity (Wildman–Crippen MR) is 58.2 cm³/mol. The summed E-state index contributed by atoms with van der Waals surface area (Å²) < 4.78 is 25.5. The molecule has 0 unspecified atom stereocenters. The summed E-state index contributed by atoms with van der Waals surface area (Å²) in [5, 5.41) is 5.15. The van der Waals surface area contributed by atoms with Crippen LogP contribution in [0.3, 0.4) is 0 Å². The van der Waals surface area contributed by atoms with Crippen LogP contribution in [0.2, 0.25) is 0 Å². The van der Waals surface area contributed by atoms with Gasteiger partial charge in [-0.1, -0.05) is 6.07 Å². The summed E-state index contributed by atoms with van der Waals surface area (Å²) >= 11 is 4.72. The molecule has 1 saturated heterocycles. The van der Waals surface area contributed by atoms with Gasteiger partial charge in [0.05, 0.1) is 0 Å². The predicted octanol–water partition coefficient (Wildman–Crippen LogP) is 1.31. The van der Waals surface area contributed by atoms with Gasteiger partial charge in [-0.3, -0.25) is 10.1 Å². The summed E-state index contributed by atoms with van der Waals surface area (Å²) in [4.78, 5) is 11.2. The van der Waals surface area contributed by atoms with E-state index in [1.54, 1.807) is 0 Å². The van der Waals surface area contributed by atoms with Gasteiger partial charge in [0.1, 0.15) is 5.70 Å². The first kappa shape index (κ1) is 10.7. The van der Waals surface area contributed by atoms with Crippen molar-refractivity contribution in [3.05, 3.63) is 41.1 Å². The molecule has 0 radical (unpaired) electrons. The molecular formula is C10H6F2N2OS. The van der Waals surface area contributed by atoms with Crippen molar-refractivity contribution < 1.29 is 13.6 Å². The van der Waals surface area contributed by atoms with E-state index < -0.39 is 17.5 Å². The van der Waals surface area contributed by atoms with Crippen molar-refractivity contribution in [2.75, 3.05) is 0 Å². The van der Waals surface area contributed by atoms with Crippen molar-refractivity contribution in [1.29, 1.82) is 0 Å². The maximum absolute atomic E-state index is 12.9. The van der Waals surface area contributed by atoms with Crippen LogP contribution in [0.4, 0.5) is 8.78 Å². The Bertz CT molecular complexity index is 514. The minimum atomic E-state index is -0.963. The molecule has 2 N–H and O–H groups in total. The summed E-state index contributed by atoms with van der Waals surface area (Å²) in [7, 11) is 0. The number of halogens is 2. The third-order valence-corrected chi connectivity index (χ3v) is 2.18. The Balaban J connectivity index is 2.32. The first-order valence-corrected chi connectivity index (χ1v) is 4.76. The fourth-order valence-corrected chi connectivity index (χ4v) is 1.45. The first-order valence-electron chi connectivity index (χ1n) is 4.35. The lowest BCUT2D eigenvalue weighted by Gasteiger charge is -1.97. The second-order valence-electron chi connectivity index (χ2n) is 3.14. The summed E-state index contributed by atoms with van der Waals surface area (Å²) in [6.07, 6.45) is 1.39. The van der Waals surface area contributed by atoms with E-state index in [1.165, 1.54) is 12.1 Å². The summed E-state index contributed by atoms with van der Waals surface area (Å²) in [6.45, 7) is 0. The van der Waals surface area contributed by atoms with Crippen LogP contribution in [0.25, 0.3) is 6.08 Å². The maximum Gasteiger partial charge on any atom is 0.273 e. The monoisotopic (exact) mass is 240 g/mol. The Kier molecular flexibility index (Phi) is 2.66. The van der Waals surface area contributed by atoms with Crippen LogP contribution in [-0.4, -0.2) is 11.0 Å². The van der Waals surface area contributed by atoms with Crippen LogP contribution >= 0.6 is 12.2 Å². The molecule has 6 heteroatoms. The lowest BCUT2D eigenvalue weighted by Crippen LogP contribution is -2.21. The molecular weight excluding hydrogens is 234 g/mol. The Morgan fingerprint density at radius 2 is 1.94 bits per heavy atom. The van der Waals surface area contributed by atoms with Gasteiger partial charge in [-0.25, -0.2) is 8.78 Å². The Hall–Kier alpha value is -1.82. The average molecular weight is 240 g/mol. The van der Waals surface area contributed by atoms with E-state index in [1.807, 2.05) is 0 Å². The molecule has 1 aliphatic rings. The van der Waals surface area contributed by atoms with Gasteiger partial charge >= 0.3 is 0 Å². The Labute approximate surface area is 95.1 Å². The van der Waals surface area contributed by atoms with Crippen LogP contribution in [0.1, 0.15) is 5.56 Å². The Morgan fingerprint density at radius 3 is 2.50 bits per heavy atom. The fraction of sp³-hybridized carbons (Fsp3) is 0. The van der Waals surface area contributed by atoms with Gasteiger partial charge in [0, 0.05) is 0 Å². The second kappa shape index (κ2) is 3.97. The number of benzene rings is 1. The van der Waals surface area contributed by atoms with E-state index >= 15 is 0 Å². The highest BCUT2D eigenvalue weighted by atomic mass is 32.1. The van der Waals surface area contributed by atoms with E-state index in [4.69, 9.17) is 12.2 Å². The number of rotatable bonds is 1. The zero-order chi connectivity index (χ0) is 11.7. The van der Waals surface area contributed by atoms with Crippen molar-refractivity contribution >= 4 is 29.3 Å². The molecule has 1 amide bonds. The molecule has 1 aliphatic heterocycles. The fourth-order valence-electron chi connectivity index (χ4n) is 1.25. The SMILES string of the molecule is O=C1NC(=S)N/C1=C\c1ccc(F)c(F)c1. The summed E-state index contributed by atoms with van der Waals surface area (Å²) in [5.74, 6) is -2.29. The van der Waals surface area contributed by atoms with Crippen molar-refractivity contribution in [3.63, 3.8) is 0 Å². The number of carbonyl (C=O) groups excluding carboxylic acids is 1. The lowest BCUT2D eigenvalue weighted by molar-refractivity contribution is -0.115. The van der Waals surface area contributed by atoms with Crippen LogP contribution in [0.5, 0.6) is 0 Å². The second-order valence-corrected chi connectivity index (χ2v) is 3.55. The third kappa shape index (κ3) is 2.06. The minimum Gasteiger partial charge on any atom is -0.328 e. The van der Waals surface area contributed by atoms with Gasteiger partial charge < -0.3 is 5.32 Å². The van der Waals surface area contributed by atoms with Gasteiger partial charge in [0.25, 0.3) is 5.91 Å². The van der Waals surface area contributed by atoms with Gasteiger partial charge in [-0.2, -0.15) is 0 Å². The van der Waals surface area contributed by atoms with E-state index in [9.17, 15) is 13.6 Å². The number of thiocarbonyl (C=S) groups is 1. The van der Waals surface area contributed by atoms with Gasteiger partial charge in [0.2, 0.25) is 0 Å². The van der Waals surface area contributed by atoms with E-state index in [-0.39, 0.29) is 10.8 Å². The highest BCUT2D eigenvalue weighted by molar-refractivity contribution is 7.80.